The number of aromatic nitrogens is 2. The van der Waals surface area contributed by atoms with Crippen molar-refractivity contribution in [2.75, 3.05) is 20.0 Å². The van der Waals surface area contributed by atoms with Crippen molar-refractivity contribution in [1.29, 1.82) is 0 Å². The summed E-state index contributed by atoms with van der Waals surface area (Å²) in [4.78, 5) is 32.4. The van der Waals surface area contributed by atoms with Crippen molar-refractivity contribution >= 4 is 23.4 Å². The lowest BCUT2D eigenvalue weighted by Gasteiger charge is -2.24. The quantitative estimate of drug-likeness (QED) is 0.300. The Morgan fingerprint density at radius 1 is 1.05 bits per heavy atom. The molecule has 9 nitrogen and oxygen atoms in total. The van der Waals surface area contributed by atoms with Crippen LogP contribution in [0.2, 0.25) is 0 Å². The Hall–Kier alpha value is -4.57. The SMILES string of the molecule is CCOC(=O)C1=C(C)N=c2s/c(=C\c3cc(C)n(-c4ccc5c(c4)OCO5)c3C)c(=O)n2[C@@H]1c1ccc(OCC)cc1. The number of carbonyl (C=O) groups is 1. The number of nitrogens with zero attached hydrogens (tertiary/aromatic N) is 3. The van der Waals surface area contributed by atoms with E-state index in [0.717, 1.165) is 34.0 Å². The summed E-state index contributed by atoms with van der Waals surface area (Å²) in [5, 5.41) is 0. The molecule has 216 valence electrons. The van der Waals surface area contributed by atoms with Gasteiger partial charge in [-0.15, -0.1) is 0 Å². The highest BCUT2D eigenvalue weighted by atomic mass is 32.1. The first kappa shape index (κ1) is 27.6. The molecule has 42 heavy (non-hydrogen) atoms. The van der Waals surface area contributed by atoms with E-state index < -0.39 is 12.0 Å². The Labute approximate surface area is 246 Å². The van der Waals surface area contributed by atoms with E-state index in [1.807, 2.05) is 69.3 Å². The lowest BCUT2D eigenvalue weighted by molar-refractivity contribution is -0.139. The Kier molecular flexibility index (Phi) is 7.24. The molecule has 2 aliphatic heterocycles. The van der Waals surface area contributed by atoms with Gasteiger partial charge in [-0.3, -0.25) is 9.36 Å². The van der Waals surface area contributed by atoms with Gasteiger partial charge in [-0.25, -0.2) is 9.79 Å². The highest BCUT2D eigenvalue weighted by Crippen LogP contribution is 2.35. The van der Waals surface area contributed by atoms with Gasteiger partial charge in [0.2, 0.25) is 6.79 Å². The second kappa shape index (κ2) is 11.0. The normalized spacial score (nSPS) is 15.9. The van der Waals surface area contributed by atoms with Crippen molar-refractivity contribution in [2.24, 2.45) is 4.99 Å². The lowest BCUT2D eigenvalue weighted by Crippen LogP contribution is -2.39. The average molecular weight is 586 g/mol. The molecule has 10 heteroatoms. The van der Waals surface area contributed by atoms with Crippen LogP contribution in [0, 0.1) is 13.8 Å². The summed E-state index contributed by atoms with van der Waals surface area (Å²) >= 11 is 1.30. The zero-order valence-electron chi connectivity index (χ0n) is 24.1. The van der Waals surface area contributed by atoms with Crippen molar-refractivity contribution in [3.8, 4) is 22.9 Å². The number of aryl methyl sites for hydroxylation is 1. The van der Waals surface area contributed by atoms with E-state index in [4.69, 9.17) is 18.9 Å². The molecule has 0 unspecified atom stereocenters. The zero-order chi connectivity index (χ0) is 29.5. The molecule has 4 aromatic rings. The van der Waals surface area contributed by atoms with Crippen molar-refractivity contribution in [3.05, 3.63) is 102 Å². The number of allylic oxidation sites excluding steroid dienone is 1. The molecule has 4 heterocycles. The topological polar surface area (TPSA) is 93.3 Å². The fourth-order valence-corrected chi connectivity index (χ4v) is 6.55. The molecule has 0 N–H and O–H groups in total. The number of rotatable bonds is 7. The van der Waals surface area contributed by atoms with E-state index in [0.29, 0.717) is 38.7 Å². The van der Waals surface area contributed by atoms with Crippen molar-refractivity contribution in [2.45, 2.75) is 40.7 Å². The molecule has 0 radical (unpaired) electrons. The Morgan fingerprint density at radius 3 is 2.55 bits per heavy atom. The molecule has 6 rings (SSSR count). The van der Waals surface area contributed by atoms with Gasteiger partial charge in [-0.05, 0) is 82.2 Å². The predicted molar refractivity (Wildman–Crippen MR) is 159 cm³/mol. The van der Waals surface area contributed by atoms with Gasteiger partial charge in [0.15, 0.2) is 16.3 Å². The molecule has 0 aliphatic carbocycles. The summed E-state index contributed by atoms with van der Waals surface area (Å²) in [6, 6.07) is 14.7. The molecule has 1 atom stereocenters. The first-order valence-corrected chi connectivity index (χ1v) is 14.6. The predicted octanol–water partition coefficient (Wildman–Crippen LogP) is 4.33. The lowest BCUT2D eigenvalue weighted by atomic mass is 9.96. The van der Waals surface area contributed by atoms with Crippen LogP contribution in [0.25, 0.3) is 11.8 Å². The number of hydrogen-bond donors (Lipinski definition) is 0. The summed E-state index contributed by atoms with van der Waals surface area (Å²) in [6.07, 6.45) is 1.90. The monoisotopic (exact) mass is 585 g/mol. The zero-order valence-corrected chi connectivity index (χ0v) is 24.9. The van der Waals surface area contributed by atoms with E-state index in [2.05, 4.69) is 15.6 Å². The average Bonchev–Trinajstić information content (AvgIpc) is 3.64. The van der Waals surface area contributed by atoms with Gasteiger partial charge in [0.1, 0.15) is 5.75 Å². The number of fused-ring (bicyclic) bond motifs is 2. The third-order valence-corrected chi connectivity index (χ3v) is 8.38. The molecule has 0 saturated carbocycles. The van der Waals surface area contributed by atoms with E-state index in [-0.39, 0.29) is 19.0 Å². The van der Waals surface area contributed by atoms with Crippen LogP contribution < -0.4 is 29.1 Å². The number of carbonyl (C=O) groups excluding carboxylic acids is 1. The summed E-state index contributed by atoms with van der Waals surface area (Å²) in [7, 11) is 0. The first-order valence-electron chi connectivity index (χ1n) is 13.8. The minimum Gasteiger partial charge on any atom is -0.494 e. The highest BCUT2D eigenvalue weighted by molar-refractivity contribution is 7.07. The fraction of sp³-hybridized carbons (Fsp3) is 0.281. The van der Waals surface area contributed by atoms with Gasteiger partial charge in [0.25, 0.3) is 5.56 Å². The second-order valence-electron chi connectivity index (χ2n) is 10.0. The van der Waals surface area contributed by atoms with Crippen LogP contribution in [0.5, 0.6) is 17.2 Å². The molecule has 2 aromatic heterocycles. The smallest absolute Gasteiger partial charge is 0.338 e. The van der Waals surface area contributed by atoms with Gasteiger partial charge in [0.05, 0.1) is 35.1 Å². The minimum absolute atomic E-state index is 0.212. The third-order valence-electron chi connectivity index (χ3n) is 7.40. The van der Waals surface area contributed by atoms with Crippen LogP contribution in [0.3, 0.4) is 0 Å². The largest absolute Gasteiger partial charge is 0.494 e. The maximum absolute atomic E-state index is 14.1. The summed E-state index contributed by atoms with van der Waals surface area (Å²) in [5.74, 6) is 1.66. The van der Waals surface area contributed by atoms with E-state index in [1.54, 1.807) is 18.4 Å². The molecular formula is C32H31N3O6S. The first-order chi connectivity index (χ1) is 20.3. The molecule has 0 spiro atoms. The van der Waals surface area contributed by atoms with Crippen LogP contribution in [0.15, 0.2) is 69.6 Å². The fourth-order valence-electron chi connectivity index (χ4n) is 5.52. The number of thiazole rings is 1. The van der Waals surface area contributed by atoms with Crippen molar-refractivity contribution in [3.63, 3.8) is 0 Å². The van der Waals surface area contributed by atoms with Gasteiger partial charge in [0, 0.05) is 23.1 Å². The molecule has 0 fully saturated rings. The van der Waals surface area contributed by atoms with E-state index >= 15 is 0 Å². The van der Waals surface area contributed by atoms with Crippen LogP contribution in [-0.4, -0.2) is 35.1 Å². The van der Waals surface area contributed by atoms with Gasteiger partial charge in [-0.1, -0.05) is 23.5 Å². The van der Waals surface area contributed by atoms with E-state index in [9.17, 15) is 9.59 Å². The number of ether oxygens (including phenoxy) is 4. The van der Waals surface area contributed by atoms with Gasteiger partial charge < -0.3 is 23.5 Å². The maximum atomic E-state index is 14.1. The third kappa shape index (κ3) is 4.71. The molecule has 0 saturated heterocycles. The van der Waals surface area contributed by atoms with Crippen LogP contribution in [0.4, 0.5) is 0 Å². The molecular weight excluding hydrogens is 554 g/mol. The van der Waals surface area contributed by atoms with Crippen molar-refractivity contribution in [1.82, 2.24) is 9.13 Å². The summed E-state index contributed by atoms with van der Waals surface area (Å²) in [6.45, 7) is 10.5. The molecule has 0 bridgehead atoms. The second-order valence-corrected chi connectivity index (χ2v) is 11.0. The minimum atomic E-state index is -0.681. The van der Waals surface area contributed by atoms with Gasteiger partial charge >= 0.3 is 5.97 Å². The number of benzene rings is 2. The highest BCUT2D eigenvalue weighted by Gasteiger charge is 2.33. The Bertz CT molecular complexity index is 1910. The molecule has 2 aliphatic rings. The summed E-state index contributed by atoms with van der Waals surface area (Å²) in [5.41, 5.74) is 5.27. The van der Waals surface area contributed by atoms with Crippen LogP contribution in [0.1, 0.15) is 49.3 Å². The van der Waals surface area contributed by atoms with Gasteiger partial charge in [-0.2, -0.15) is 0 Å². The van der Waals surface area contributed by atoms with Crippen LogP contribution in [-0.2, 0) is 9.53 Å². The number of esters is 1. The van der Waals surface area contributed by atoms with Crippen molar-refractivity contribution < 1.29 is 23.7 Å². The molecule has 2 aromatic carbocycles. The Balaban J connectivity index is 1.47. The standard InChI is InChI=1S/C32H31N3O6S/c1-6-38-24-11-8-21(9-12-24)29-28(31(37)39-7-2)19(4)33-32-35(29)30(36)27(42-32)15-22-14-18(3)34(20(22)5)23-10-13-25-26(16-23)41-17-40-25/h8-16,29H,6-7,17H2,1-5H3/b27-15-/t29-/m1/s1. The number of hydrogen-bond acceptors (Lipinski definition) is 8. The molecule has 0 amide bonds. The van der Waals surface area contributed by atoms with E-state index in [1.165, 1.54) is 11.3 Å². The summed E-state index contributed by atoms with van der Waals surface area (Å²) < 4.78 is 26.3. The van der Waals surface area contributed by atoms with Crippen LogP contribution >= 0.6 is 11.3 Å². The maximum Gasteiger partial charge on any atom is 0.338 e. The Morgan fingerprint density at radius 2 is 1.81 bits per heavy atom.